The average Bonchev–Trinajstić information content (AvgIpc) is 3.10. The van der Waals surface area contributed by atoms with E-state index in [4.69, 9.17) is 0 Å². The lowest BCUT2D eigenvalue weighted by atomic mass is 10.0. The summed E-state index contributed by atoms with van der Waals surface area (Å²) in [5.74, 6) is 0.283. The smallest absolute Gasteiger partial charge is 0.255 e. The highest BCUT2D eigenvalue weighted by Gasteiger charge is 2.20. The van der Waals surface area contributed by atoms with Gasteiger partial charge in [-0.25, -0.2) is 9.67 Å². The number of nitrogens with zero attached hydrogens (tertiary/aromatic N) is 3. The van der Waals surface area contributed by atoms with Gasteiger partial charge in [-0.2, -0.15) is 5.10 Å². The van der Waals surface area contributed by atoms with Crippen molar-refractivity contribution in [3.8, 4) is 0 Å². The Kier molecular flexibility index (Phi) is 5.74. The molecule has 0 spiro atoms. The molecule has 1 amide bonds. The Labute approximate surface area is 160 Å². The summed E-state index contributed by atoms with van der Waals surface area (Å²) in [7, 11) is 0. The van der Waals surface area contributed by atoms with Crippen LogP contribution in [-0.2, 0) is 13.1 Å². The molecule has 0 aliphatic rings. The number of hydrogen-bond donors (Lipinski definition) is 2. The third-order valence-electron chi connectivity index (χ3n) is 4.88. The van der Waals surface area contributed by atoms with E-state index in [0.717, 1.165) is 28.8 Å². The second-order valence-corrected chi connectivity index (χ2v) is 7.09. The quantitative estimate of drug-likeness (QED) is 0.667. The van der Waals surface area contributed by atoms with Gasteiger partial charge in [0.1, 0.15) is 0 Å². The molecule has 0 saturated carbocycles. The third kappa shape index (κ3) is 4.10. The first-order valence-electron chi connectivity index (χ1n) is 9.44. The van der Waals surface area contributed by atoms with Crippen LogP contribution in [-0.4, -0.2) is 26.7 Å². The topological polar surface area (TPSA) is 71.8 Å². The summed E-state index contributed by atoms with van der Waals surface area (Å²) < 4.78 is 1.84. The minimum absolute atomic E-state index is 0.143. The maximum absolute atomic E-state index is 12.9. The van der Waals surface area contributed by atoms with Gasteiger partial charge in [0, 0.05) is 25.3 Å². The summed E-state index contributed by atoms with van der Waals surface area (Å²) in [6, 6.07) is 10.1. The summed E-state index contributed by atoms with van der Waals surface area (Å²) in [4.78, 5) is 17.4. The van der Waals surface area contributed by atoms with E-state index in [-0.39, 0.29) is 11.9 Å². The van der Waals surface area contributed by atoms with Gasteiger partial charge >= 0.3 is 0 Å². The van der Waals surface area contributed by atoms with Crippen molar-refractivity contribution in [1.82, 2.24) is 20.1 Å². The molecule has 142 valence electrons. The van der Waals surface area contributed by atoms with Crippen molar-refractivity contribution < 1.29 is 4.79 Å². The first kappa shape index (κ1) is 18.9. The van der Waals surface area contributed by atoms with Crippen LogP contribution in [0.3, 0.4) is 0 Å². The van der Waals surface area contributed by atoms with Gasteiger partial charge in [0.05, 0.1) is 22.8 Å². The SMILES string of the molecule is CCn1ncc2c(N[C@H](C)C(C)C)c(C(=O)NCc3ccccc3)cnc21. The van der Waals surface area contributed by atoms with E-state index >= 15 is 0 Å². The molecule has 0 saturated heterocycles. The lowest BCUT2D eigenvalue weighted by Crippen LogP contribution is -2.27. The molecule has 1 aromatic carbocycles. The van der Waals surface area contributed by atoms with Gasteiger partial charge in [0.25, 0.3) is 5.91 Å². The Bertz CT molecular complexity index is 917. The Morgan fingerprint density at radius 3 is 2.56 bits per heavy atom. The predicted octanol–water partition coefficient (Wildman–Crippen LogP) is 3.84. The summed E-state index contributed by atoms with van der Waals surface area (Å²) in [5.41, 5.74) is 3.19. The number of hydrogen-bond acceptors (Lipinski definition) is 4. The van der Waals surface area contributed by atoms with Crippen LogP contribution in [0.25, 0.3) is 11.0 Å². The molecule has 2 aromatic heterocycles. The molecule has 2 heterocycles. The Morgan fingerprint density at radius 1 is 1.15 bits per heavy atom. The van der Waals surface area contributed by atoms with Crippen molar-refractivity contribution in [2.45, 2.75) is 46.8 Å². The molecule has 0 aliphatic heterocycles. The number of carbonyl (C=O) groups is 1. The number of anilines is 1. The molecule has 2 N–H and O–H groups in total. The average molecular weight is 365 g/mol. The van der Waals surface area contributed by atoms with Crippen molar-refractivity contribution in [3.05, 3.63) is 53.9 Å². The number of nitrogens with one attached hydrogen (secondary N) is 2. The van der Waals surface area contributed by atoms with E-state index in [1.165, 1.54) is 0 Å². The van der Waals surface area contributed by atoms with Gasteiger partial charge in [-0.15, -0.1) is 0 Å². The standard InChI is InChI=1S/C21H27N5O/c1-5-26-20-17(13-24-26)19(25-15(4)14(2)3)18(12-22-20)21(27)23-11-16-9-7-6-8-10-16/h6-10,12-15H,5,11H2,1-4H3,(H,22,25)(H,23,27)/t15-/m1/s1. The Hall–Kier alpha value is -2.89. The lowest BCUT2D eigenvalue weighted by Gasteiger charge is -2.21. The molecule has 3 rings (SSSR count). The molecule has 0 aliphatic carbocycles. The van der Waals surface area contributed by atoms with Crippen molar-refractivity contribution in [1.29, 1.82) is 0 Å². The summed E-state index contributed by atoms with van der Waals surface area (Å²) >= 11 is 0. The molecule has 0 unspecified atom stereocenters. The maximum atomic E-state index is 12.9. The zero-order valence-corrected chi connectivity index (χ0v) is 16.4. The highest BCUT2D eigenvalue weighted by Crippen LogP contribution is 2.27. The number of amides is 1. The van der Waals surface area contributed by atoms with Crippen LogP contribution < -0.4 is 10.6 Å². The van der Waals surface area contributed by atoms with Crippen molar-refractivity contribution >= 4 is 22.6 Å². The van der Waals surface area contributed by atoms with E-state index in [1.807, 2.05) is 41.9 Å². The van der Waals surface area contributed by atoms with E-state index < -0.39 is 0 Å². The largest absolute Gasteiger partial charge is 0.381 e. The summed E-state index contributed by atoms with van der Waals surface area (Å²) in [6.45, 7) is 9.66. The Balaban J connectivity index is 1.94. The fourth-order valence-corrected chi connectivity index (χ4v) is 2.85. The predicted molar refractivity (Wildman–Crippen MR) is 109 cm³/mol. The van der Waals surface area contributed by atoms with Crippen LogP contribution in [0.5, 0.6) is 0 Å². The van der Waals surface area contributed by atoms with E-state index in [9.17, 15) is 4.79 Å². The van der Waals surface area contributed by atoms with Crippen molar-refractivity contribution in [2.24, 2.45) is 5.92 Å². The van der Waals surface area contributed by atoms with Crippen LogP contribution >= 0.6 is 0 Å². The number of aromatic nitrogens is 3. The number of pyridine rings is 1. The maximum Gasteiger partial charge on any atom is 0.255 e. The van der Waals surface area contributed by atoms with Gasteiger partial charge in [-0.1, -0.05) is 44.2 Å². The molecule has 6 heteroatoms. The van der Waals surface area contributed by atoms with Crippen LogP contribution in [0.15, 0.2) is 42.7 Å². The molecule has 1 atom stereocenters. The van der Waals surface area contributed by atoms with Gasteiger partial charge in [0.15, 0.2) is 5.65 Å². The summed E-state index contributed by atoms with van der Waals surface area (Å²) in [5, 5.41) is 11.8. The van der Waals surface area contributed by atoms with E-state index in [0.29, 0.717) is 18.0 Å². The minimum Gasteiger partial charge on any atom is -0.381 e. The number of rotatable bonds is 7. The van der Waals surface area contributed by atoms with E-state index in [1.54, 1.807) is 12.4 Å². The molecular formula is C21H27N5O. The highest BCUT2D eigenvalue weighted by atomic mass is 16.1. The normalized spacial score (nSPS) is 12.3. The first-order valence-corrected chi connectivity index (χ1v) is 9.44. The number of fused-ring (bicyclic) bond motifs is 1. The number of carbonyl (C=O) groups excluding carboxylic acids is 1. The first-order chi connectivity index (χ1) is 13.0. The molecular weight excluding hydrogens is 338 g/mol. The zero-order chi connectivity index (χ0) is 19.4. The van der Waals surface area contributed by atoms with Crippen molar-refractivity contribution in [3.63, 3.8) is 0 Å². The molecule has 0 fully saturated rings. The highest BCUT2D eigenvalue weighted by molar-refractivity contribution is 6.06. The van der Waals surface area contributed by atoms with Crippen LogP contribution in [0.1, 0.15) is 43.6 Å². The fraction of sp³-hybridized carbons (Fsp3) is 0.381. The monoisotopic (exact) mass is 365 g/mol. The third-order valence-corrected chi connectivity index (χ3v) is 4.88. The zero-order valence-electron chi connectivity index (χ0n) is 16.4. The van der Waals surface area contributed by atoms with Gasteiger partial charge in [-0.3, -0.25) is 4.79 Å². The number of benzene rings is 1. The van der Waals surface area contributed by atoms with Gasteiger partial charge < -0.3 is 10.6 Å². The molecule has 0 bridgehead atoms. The van der Waals surface area contributed by atoms with Crippen LogP contribution in [0.2, 0.25) is 0 Å². The molecule has 6 nitrogen and oxygen atoms in total. The fourth-order valence-electron chi connectivity index (χ4n) is 2.85. The Morgan fingerprint density at radius 2 is 1.89 bits per heavy atom. The molecule has 3 aromatic rings. The van der Waals surface area contributed by atoms with Gasteiger partial charge in [0.2, 0.25) is 0 Å². The molecule has 27 heavy (non-hydrogen) atoms. The number of aryl methyl sites for hydroxylation is 1. The second-order valence-electron chi connectivity index (χ2n) is 7.09. The minimum atomic E-state index is -0.143. The van der Waals surface area contributed by atoms with Crippen LogP contribution in [0, 0.1) is 5.92 Å². The van der Waals surface area contributed by atoms with Crippen molar-refractivity contribution in [2.75, 3.05) is 5.32 Å². The molecule has 0 radical (unpaired) electrons. The summed E-state index contributed by atoms with van der Waals surface area (Å²) in [6.07, 6.45) is 3.43. The van der Waals surface area contributed by atoms with Gasteiger partial charge in [-0.05, 0) is 25.3 Å². The van der Waals surface area contributed by atoms with Crippen LogP contribution in [0.4, 0.5) is 5.69 Å². The van der Waals surface area contributed by atoms with E-state index in [2.05, 4.69) is 41.5 Å². The lowest BCUT2D eigenvalue weighted by molar-refractivity contribution is 0.0951. The second kappa shape index (κ2) is 8.20.